The number of allylic oxidation sites excluding steroid dienone is 2. The molecular formula is C30H56N2O5. The molecule has 0 aliphatic heterocycles. The van der Waals surface area contributed by atoms with Crippen molar-refractivity contribution in [3.63, 3.8) is 0 Å². The van der Waals surface area contributed by atoms with Gasteiger partial charge in [0.15, 0.2) is 0 Å². The van der Waals surface area contributed by atoms with E-state index in [-0.39, 0.29) is 18.0 Å². The molecule has 0 spiro atoms. The summed E-state index contributed by atoms with van der Waals surface area (Å²) in [7, 11) is 0. The highest BCUT2D eigenvalue weighted by Crippen LogP contribution is 2.15. The number of ether oxygens (including phenoxy) is 1. The molecule has 0 saturated heterocycles. The lowest BCUT2D eigenvalue weighted by molar-refractivity contribution is -0.150. The van der Waals surface area contributed by atoms with E-state index in [1.54, 1.807) is 0 Å². The maximum absolute atomic E-state index is 12.3. The predicted octanol–water partition coefficient (Wildman–Crippen LogP) is 6.82. The molecule has 1 amide bonds. The van der Waals surface area contributed by atoms with Crippen molar-refractivity contribution in [2.75, 3.05) is 6.54 Å². The minimum atomic E-state index is -1.02. The number of carbonyl (C=O) groups excluding carboxylic acids is 2. The van der Waals surface area contributed by atoms with Crippen molar-refractivity contribution in [2.45, 2.75) is 154 Å². The molecule has 7 heteroatoms. The van der Waals surface area contributed by atoms with Crippen LogP contribution in [-0.2, 0) is 19.1 Å². The van der Waals surface area contributed by atoms with Crippen LogP contribution in [0.5, 0.6) is 0 Å². The highest BCUT2D eigenvalue weighted by molar-refractivity contribution is 5.83. The molecular weight excluding hydrogens is 468 g/mol. The van der Waals surface area contributed by atoms with Crippen molar-refractivity contribution in [3.05, 3.63) is 12.2 Å². The van der Waals surface area contributed by atoms with Crippen LogP contribution in [0.15, 0.2) is 12.2 Å². The van der Waals surface area contributed by atoms with Crippen molar-refractivity contribution in [1.82, 2.24) is 5.32 Å². The number of aliphatic carboxylic acids is 1. The van der Waals surface area contributed by atoms with Gasteiger partial charge in [0, 0.05) is 12.8 Å². The number of rotatable bonds is 26. The minimum absolute atomic E-state index is 0.0527. The Morgan fingerprint density at radius 2 is 1.38 bits per heavy atom. The Kier molecular flexibility index (Phi) is 24.4. The molecule has 0 heterocycles. The topological polar surface area (TPSA) is 119 Å². The van der Waals surface area contributed by atoms with Gasteiger partial charge in [0.25, 0.3) is 0 Å². The van der Waals surface area contributed by atoms with Crippen LogP contribution in [0.4, 0.5) is 0 Å². The molecule has 37 heavy (non-hydrogen) atoms. The van der Waals surface area contributed by atoms with Gasteiger partial charge >= 0.3 is 11.9 Å². The van der Waals surface area contributed by atoms with Gasteiger partial charge in [0.1, 0.15) is 12.1 Å². The van der Waals surface area contributed by atoms with E-state index in [4.69, 9.17) is 10.5 Å². The monoisotopic (exact) mass is 524 g/mol. The quantitative estimate of drug-likeness (QED) is 0.0648. The molecule has 0 aromatic carbocycles. The maximum atomic E-state index is 12.3. The molecule has 0 aliphatic carbocycles. The van der Waals surface area contributed by atoms with Crippen molar-refractivity contribution in [1.29, 1.82) is 0 Å². The van der Waals surface area contributed by atoms with Crippen LogP contribution in [0.2, 0.25) is 0 Å². The summed E-state index contributed by atoms with van der Waals surface area (Å²) in [5.41, 5.74) is 5.43. The van der Waals surface area contributed by atoms with Gasteiger partial charge in [-0.2, -0.15) is 0 Å². The zero-order chi connectivity index (χ0) is 27.6. The summed E-state index contributed by atoms with van der Waals surface area (Å²) in [5.74, 6) is -1.35. The SMILES string of the molecule is CCCCC/C=C\CCCCCCCC(=O)OC(CCC)CCCCCC(=O)NC(CCCN)C(=O)O. The lowest BCUT2D eigenvalue weighted by atomic mass is 10.0. The zero-order valence-electron chi connectivity index (χ0n) is 23.8. The third kappa shape index (κ3) is 23.0. The van der Waals surface area contributed by atoms with Crippen LogP contribution in [-0.4, -0.2) is 41.6 Å². The van der Waals surface area contributed by atoms with Crippen molar-refractivity contribution in [2.24, 2.45) is 5.73 Å². The zero-order valence-corrected chi connectivity index (χ0v) is 23.8. The highest BCUT2D eigenvalue weighted by Gasteiger charge is 2.19. The van der Waals surface area contributed by atoms with E-state index < -0.39 is 12.0 Å². The Labute approximate surface area is 226 Å². The third-order valence-electron chi connectivity index (χ3n) is 6.56. The normalized spacial score (nSPS) is 12.9. The lowest BCUT2D eigenvalue weighted by Gasteiger charge is -2.17. The fraction of sp³-hybridized carbons (Fsp3) is 0.833. The van der Waals surface area contributed by atoms with Gasteiger partial charge in [0.05, 0.1) is 0 Å². The number of nitrogens with one attached hydrogen (secondary N) is 1. The summed E-state index contributed by atoms with van der Waals surface area (Å²) in [6, 6.07) is -0.869. The van der Waals surface area contributed by atoms with Crippen molar-refractivity contribution >= 4 is 17.8 Å². The van der Waals surface area contributed by atoms with Gasteiger partial charge in [-0.05, 0) is 77.2 Å². The van der Waals surface area contributed by atoms with Crippen LogP contribution in [0.25, 0.3) is 0 Å². The Bertz CT molecular complexity index is 609. The number of carboxylic acids is 1. The number of carbonyl (C=O) groups is 3. The fourth-order valence-corrected chi connectivity index (χ4v) is 4.32. The average molecular weight is 525 g/mol. The second-order valence-corrected chi connectivity index (χ2v) is 10.2. The first-order chi connectivity index (χ1) is 17.9. The summed E-state index contributed by atoms with van der Waals surface area (Å²) in [6.07, 6.45) is 23.2. The summed E-state index contributed by atoms with van der Waals surface area (Å²) in [6.45, 7) is 4.73. The molecule has 0 fully saturated rings. The van der Waals surface area contributed by atoms with Gasteiger partial charge < -0.3 is 20.9 Å². The van der Waals surface area contributed by atoms with E-state index in [9.17, 15) is 19.5 Å². The van der Waals surface area contributed by atoms with Crippen LogP contribution in [0.3, 0.4) is 0 Å². The molecule has 0 aromatic heterocycles. The number of unbranched alkanes of at least 4 members (excludes halogenated alkanes) is 10. The van der Waals surface area contributed by atoms with Gasteiger partial charge in [-0.25, -0.2) is 4.79 Å². The van der Waals surface area contributed by atoms with E-state index in [1.165, 1.54) is 44.9 Å². The Balaban J connectivity index is 3.90. The van der Waals surface area contributed by atoms with Crippen LogP contribution < -0.4 is 11.1 Å². The molecule has 0 aliphatic rings. The fourth-order valence-electron chi connectivity index (χ4n) is 4.32. The van der Waals surface area contributed by atoms with E-state index >= 15 is 0 Å². The summed E-state index contributed by atoms with van der Waals surface area (Å²) >= 11 is 0. The summed E-state index contributed by atoms with van der Waals surface area (Å²) in [5, 5.41) is 11.8. The molecule has 0 saturated carbocycles. The Morgan fingerprint density at radius 3 is 2.03 bits per heavy atom. The molecule has 2 atom stereocenters. The first kappa shape index (κ1) is 35.1. The standard InChI is InChI=1S/C30H56N2O5/c1-3-5-6-7-8-9-10-11-12-13-14-18-24-29(34)37-26(20-4-2)21-16-15-17-23-28(33)32-27(30(35)36)22-19-25-31/h8-9,26-27H,3-7,10-25,31H2,1-2H3,(H,32,33)(H,35,36)/b9-8-. The summed E-state index contributed by atoms with van der Waals surface area (Å²) < 4.78 is 5.73. The van der Waals surface area contributed by atoms with E-state index in [0.29, 0.717) is 38.6 Å². The molecule has 7 nitrogen and oxygen atoms in total. The average Bonchev–Trinajstić information content (AvgIpc) is 2.86. The number of carboxylic acid groups (broad SMARTS) is 1. The molecule has 0 rings (SSSR count). The second kappa shape index (κ2) is 25.7. The minimum Gasteiger partial charge on any atom is -0.480 e. The first-order valence-electron chi connectivity index (χ1n) is 15.0. The van der Waals surface area contributed by atoms with Gasteiger partial charge in [-0.15, -0.1) is 0 Å². The van der Waals surface area contributed by atoms with E-state index in [1.807, 2.05) is 0 Å². The number of amides is 1. The number of hydrogen-bond donors (Lipinski definition) is 3. The number of hydrogen-bond acceptors (Lipinski definition) is 5. The van der Waals surface area contributed by atoms with Crippen LogP contribution in [0, 0.1) is 0 Å². The summed E-state index contributed by atoms with van der Waals surface area (Å²) in [4.78, 5) is 35.5. The maximum Gasteiger partial charge on any atom is 0.326 e. The molecule has 0 bridgehead atoms. The molecule has 2 unspecified atom stereocenters. The van der Waals surface area contributed by atoms with Crippen LogP contribution in [0.1, 0.15) is 142 Å². The van der Waals surface area contributed by atoms with Gasteiger partial charge in [-0.3, -0.25) is 9.59 Å². The van der Waals surface area contributed by atoms with Gasteiger partial charge in [0.2, 0.25) is 5.91 Å². The Hall–Kier alpha value is -1.89. The molecule has 216 valence electrons. The molecule has 0 aromatic rings. The lowest BCUT2D eigenvalue weighted by Crippen LogP contribution is -2.40. The Morgan fingerprint density at radius 1 is 0.757 bits per heavy atom. The smallest absolute Gasteiger partial charge is 0.326 e. The molecule has 0 radical (unpaired) electrons. The number of esters is 1. The largest absolute Gasteiger partial charge is 0.480 e. The van der Waals surface area contributed by atoms with Crippen molar-refractivity contribution in [3.8, 4) is 0 Å². The third-order valence-corrected chi connectivity index (χ3v) is 6.56. The van der Waals surface area contributed by atoms with Crippen molar-refractivity contribution < 1.29 is 24.2 Å². The predicted molar refractivity (Wildman–Crippen MR) is 151 cm³/mol. The van der Waals surface area contributed by atoms with Crippen LogP contribution >= 0.6 is 0 Å². The molecule has 4 N–H and O–H groups in total. The van der Waals surface area contributed by atoms with E-state index in [0.717, 1.165) is 51.4 Å². The second-order valence-electron chi connectivity index (χ2n) is 10.2. The highest BCUT2D eigenvalue weighted by atomic mass is 16.5. The first-order valence-corrected chi connectivity index (χ1v) is 15.0. The van der Waals surface area contributed by atoms with E-state index in [2.05, 4.69) is 31.3 Å². The van der Waals surface area contributed by atoms with Gasteiger partial charge in [-0.1, -0.05) is 70.9 Å². The number of nitrogens with two attached hydrogens (primary N) is 1.